The van der Waals surface area contributed by atoms with E-state index < -0.39 is 5.60 Å². The zero-order valence-corrected chi connectivity index (χ0v) is 23.4. The van der Waals surface area contributed by atoms with E-state index in [1.807, 2.05) is 25.7 Å². The van der Waals surface area contributed by atoms with E-state index in [4.69, 9.17) is 14.6 Å². The Balaban J connectivity index is 0.00000320. The van der Waals surface area contributed by atoms with Crippen molar-refractivity contribution in [1.29, 1.82) is 0 Å². The number of hydrogen-bond acceptors (Lipinski definition) is 6. The van der Waals surface area contributed by atoms with Gasteiger partial charge in [0, 0.05) is 62.0 Å². The zero-order valence-electron chi connectivity index (χ0n) is 23.4. The molecule has 1 aromatic heterocycles. The Kier molecular flexibility index (Phi) is 7.93. The zero-order chi connectivity index (χ0) is 25.7. The number of likely N-dealkylation sites (tertiary alicyclic amines) is 1. The van der Waals surface area contributed by atoms with Crippen LogP contribution in [0.25, 0.3) is 0 Å². The van der Waals surface area contributed by atoms with Gasteiger partial charge in [-0.3, -0.25) is 9.58 Å². The van der Waals surface area contributed by atoms with Gasteiger partial charge in [-0.1, -0.05) is 14.4 Å². The van der Waals surface area contributed by atoms with Crippen LogP contribution in [-0.2, 0) is 9.47 Å². The van der Waals surface area contributed by atoms with Crippen molar-refractivity contribution in [3.63, 3.8) is 0 Å². The summed E-state index contributed by atoms with van der Waals surface area (Å²) in [5.41, 5.74) is 1.22. The molecule has 3 saturated heterocycles. The molecule has 37 heavy (non-hydrogen) atoms. The van der Waals surface area contributed by atoms with Gasteiger partial charge in [0.25, 0.3) is 0 Å². The first-order valence-corrected chi connectivity index (χ1v) is 14.1. The van der Waals surface area contributed by atoms with Crippen LogP contribution in [0.1, 0.15) is 85.9 Å². The van der Waals surface area contributed by atoms with Gasteiger partial charge in [-0.2, -0.15) is 5.10 Å². The van der Waals surface area contributed by atoms with Crippen LogP contribution in [-0.4, -0.2) is 89.3 Å². The lowest BCUT2D eigenvalue weighted by molar-refractivity contribution is -0.0930. The summed E-state index contributed by atoms with van der Waals surface area (Å²) in [5.74, 6) is 1.89. The van der Waals surface area contributed by atoms with E-state index in [0.717, 1.165) is 76.9 Å². The van der Waals surface area contributed by atoms with Crippen molar-refractivity contribution in [2.75, 3.05) is 57.4 Å². The van der Waals surface area contributed by atoms with E-state index in [-0.39, 0.29) is 24.5 Å². The number of nitrogens with zero attached hydrogens (tertiary/aromatic N) is 5. The summed E-state index contributed by atoms with van der Waals surface area (Å²) in [6, 6.07) is 2.74. The summed E-state index contributed by atoms with van der Waals surface area (Å²) in [6.07, 6.45) is 5.60. The molecule has 1 aromatic rings. The molecule has 1 saturated carbocycles. The second kappa shape index (κ2) is 10.4. The Morgan fingerprint density at radius 3 is 2.46 bits per heavy atom. The first kappa shape index (κ1) is 28.2. The van der Waals surface area contributed by atoms with E-state index in [0.29, 0.717) is 6.04 Å². The lowest BCUT2D eigenvalue weighted by atomic mass is 9.61. The minimum Gasteiger partial charge on any atom is -0.444 e. The highest BCUT2D eigenvalue weighted by atomic mass is 16.6. The Morgan fingerprint density at radius 1 is 1.16 bits per heavy atom. The molecule has 8 heteroatoms. The van der Waals surface area contributed by atoms with Gasteiger partial charge in [-0.15, -0.1) is 0 Å². The summed E-state index contributed by atoms with van der Waals surface area (Å²) < 4.78 is 13.4. The van der Waals surface area contributed by atoms with Crippen LogP contribution in [0, 0.1) is 18.3 Å². The topological polar surface area (TPSA) is 63.1 Å². The lowest BCUT2D eigenvalue weighted by Crippen LogP contribution is -2.64. The monoisotopic (exact) mass is 517 g/mol. The average Bonchev–Trinajstić information content (AvgIpc) is 3.12. The van der Waals surface area contributed by atoms with Crippen LogP contribution < -0.4 is 4.90 Å². The number of morpholine rings is 1. The molecule has 2 unspecified atom stereocenters. The van der Waals surface area contributed by atoms with E-state index in [9.17, 15) is 4.79 Å². The van der Waals surface area contributed by atoms with Crippen molar-refractivity contribution in [1.82, 2.24) is 19.6 Å². The third-order valence-electron chi connectivity index (χ3n) is 9.10. The van der Waals surface area contributed by atoms with Gasteiger partial charge in [0.1, 0.15) is 5.60 Å². The quantitative estimate of drug-likeness (QED) is 0.540. The van der Waals surface area contributed by atoms with Crippen LogP contribution in [0.4, 0.5) is 10.6 Å². The van der Waals surface area contributed by atoms with Gasteiger partial charge >= 0.3 is 6.09 Å². The number of piperidine rings is 1. The first-order valence-electron chi connectivity index (χ1n) is 14.1. The highest BCUT2D eigenvalue weighted by Crippen LogP contribution is 2.54. The Morgan fingerprint density at radius 2 is 1.84 bits per heavy atom. The standard InChI is InChI=1S/C28H47N5O3.CH4/c1-7-27(6)15-22(18-30-10-12-35-13-11-30)8-9-32(27)24-14-21(2)33(29-24)23-16-28(17-23)19-31(20-28)25(34)36-26(3,4)5;/h14,22-23H,7-13,15-20H2,1-6H3;1H4. The fourth-order valence-corrected chi connectivity index (χ4v) is 7.01. The van der Waals surface area contributed by atoms with E-state index in [1.54, 1.807) is 0 Å². The molecule has 1 aliphatic carbocycles. The molecule has 210 valence electrons. The number of ether oxygens (including phenoxy) is 2. The Labute approximate surface area is 224 Å². The molecular formula is C29H51N5O3. The molecule has 0 bridgehead atoms. The van der Waals surface area contributed by atoms with Crippen LogP contribution in [0.5, 0.6) is 0 Å². The van der Waals surface area contributed by atoms with Crippen molar-refractivity contribution in [3.8, 4) is 0 Å². The van der Waals surface area contributed by atoms with Gasteiger partial charge in [-0.05, 0) is 72.6 Å². The third kappa shape index (κ3) is 5.80. The Hall–Kier alpha value is -1.80. The largest absolute Gasteiger partial charge is 0.444 e. The van der Waals surface area contributed by atoms with Crippen LogP contribution >= 0.6 is 0 Å². The minimum absolute atomic E-state index is 0. The molecule has 2 atom stereocenters. The fraction of sp³-hybridized carbons (Fsp3) is 0.862. The lowest BCUT2D eigenvalue weighted by Gasteiger charge is -2.58. The smallest absolute Gasteiger partial charge is 0.410 e. The van der Waals surface area contributed by atoms with Gasteiger partial charge < -0.3 is 19.3 Å². The summed E-state index contributed by atoms with van der Waals surface area (Å²) in [4.78, 5) is 19.4. The van der Waals surface area contributed by atoms with Crippen LogP contribution in [0.3, 0.4) is 0 Å². The molecule has 1 amide bonds. The van der Waals surface area contributed by atoms with Gasteiger partial charge in [0.05, 0.1) is 19.3 Å². The molecule has 4 aliphatic rings. The molecule has 0 aromatic carbocycles. The van der Waals surface area contributed by atoms with E-state index >= 15 is 0 Å². The van der Waals surface area contributed by atoms with Crippen LogP contribution in [0.15, 0.2) is 6.07 Å². The highest BCUT2D eigenvalue weighted by molar-refractivity contribution is 5.69. The van der Waals surface area contributed by atoms with Gasteiger partial charge in [0.15, 0.2) is 5.82 Å². The molecule has 3 aliphatic heterocycles. The average molecular weight is 518 g/mol. The van der Waals surface area contributed by atoms with E-state index in [1.165, 1.54) is 25.1 Å². The maximum atomic E-state index is 12.3. The number of carbonyl (C=O) groups is 1. The SMILES string of the molecule is C.CCC1(C)CC(CN2CCOCC2)CCN1c1cc(C)n(C2CC3(C2)CN(C(=O)OC(C)(C)C)C3)n1. The molecule has 0 N–H and O–H groups in total. The van der Waals surface area contributed by atoms with Gasteiger partial charge in [-0.25, -0.2) is 4.79 Å². The van der Waals surface area contributed by atoms with Crippen molar-refractivity contribution >= 4 is 11.9 Å². The van der Waals surface area contributed by atoms with Crippen LogP contribution in [0.2, 0.25) is 0 Å². The van der Waals surface area contributed by atoms with Crippen molar-refractivity contribution < 1.29 is 14.3 Å². The predicted octanol–water partition coefficient (Wildman–Crippen LogP) is 5.12. The molecule has 0 radical (unpaired) electrons. The second-order valence-corrected chi connectivity index (χ2v) is 13.3. The number of amides is 1. The third-order valence-corrected chi connectivity index (χ3v) is 9.10. The van der Waals surface area contributed by atoms with Gasteiger partial charge in [0.2, 0.25) is 0 Å². The molecule has 4 fully saturated rings. The van der Waals surface area contributed by atoms with E-state index in [2.05, 4.69) is 41.3 Å². The highest BCUT2D eigenvalue weighted by Gasteiger charge is 2.55. The Bertz CT molecular complexity index is 936. The number of aryl methyl sites for hydroxylation is 1. The number of rotatable bonds is 5. The second-order valence-electron chi connectivity index (χ2n) is 13.3. The summed E-state index contributed by atoms with van der Waals surface area (Å²) >= 11 is 0. The summed E-state index contributed by atoms with van der Waals surface area (Å²) in [7, 11) is 0. The molecule has 8 nitrogen and oxygen atoms in total. The normalized spacial score (nSPS) is 28.4. The van der Waals surface area contributed by atoms with Crippen molar-refractivity contribution in [2.24, 2.45) is 11.3 Å². The maximum absolute atomic E-state index is 12.3. The number of aromatic nitrogens is 2. The van der Waals surface area contributed by atoms with Crippen molar-refractivity contribution in [2.45, 2.75) is 98.3 Å². The predicted molar refractivity (Wildman–Crippen MR) is 148 cm³/mol. The molecular weight excluding hydrogens is 466 g/mol. The summed E-state index contributed by atoms with van der Waals surface area (Å²) in [5, 5.41) is 5.18. The molecule has 5 rings (SSSR count). The minimum atomic E-state index is -0.436. The number of carbonyl (C=O) groups excluding carboxylic acids is 1. The summed E-state index contributed by atoms with van der Waals surface area (Å²) in [6.45, 7) is 20.5. The first-order chi connectivity index (χ1) is 17.0. The molecule has 4 heterocycles. The van der Waals surface area contributed by atoms with Crippen molar-refractivity contribution in [3.05, 3.63) is 11.8 Å². The fourth-order valence-electron chi connectivity index (χ4n) is 7.01. The number of hydrogen-bond donors (Lipinski definition) is 0. The maximum Gasteiger partial charge on any atom is 0.410 e. The molecule has 1 spiro atoms. The number of anilines is 1.